The van der Waals surface area contributed by atoms with E-state index in [4.69, 9.17) is 33.0 Å². The molecule has 1 N–H and O–H groups in total. The van der Waals surface area contributed by atoms with Gasteiger partial charge in [0.05, 0.1) is 11.7 Å². The quantitative estimate of drug-likeness (QED) is 0.188. The summed E-state index contributed by atoms with van der Waals surface area (Å²) in [5.41, 5.74) is 1.77. The minimum Gasteiger partial charge on any atom is -0.374 e. The van der Waals surface area contributed by atoms with Crippen molar-refractivity contribution in [3.63, 3.8) is 0 Å². The summed E-state index contributed by atoms with van der Waals surface area (Å²) in [7, 11) is -3.36. The summed E-state index contributed by atoms with van der Waals surface area (Å²) in [5.74, 6) is 2.02. The number of anilines is 2. The third-order valence-electron chi connectivity index (χ3n) is 14.5. The number of alkyl halides is 2. The maximum atomic E-state index is 12.8. The first-order valence-corrected chi connectivity index (χ1v) is 23.1. The van der Waals surface area contributed by atoms with Gasteiger partial charge in [0.15, 0.2) is 21.5 Å². The van der Waals surface area contributed by atoms with Crippen molar-refractivity contribution in [2.24, 2.45) is 44.5 Å². The van der Waals surface area contributed by atoms with Crippen molar-refractivity contribution in [2.75, 3.05) is 28.6 Å². The number of aliphatic imine (C=N–C) groups is 2. The molecule has 11 nitrogen and oxygen atoms in total. The third kappa shape index (κ3) is 6.61. The Morgan fingerprint density at radius 3 is 1.98 bits per heavy atom. The van der Waals surface area contributed by atoms with Gasteiger partial charge in [-0.1, -0.05) is 123 Å². The number of nitrogens with zero attached hydrogens (tertiary/aromatic N) is 5. The fourth-order valence-corrected chi connectivity index (χ4v) is 15.2. The molecule has 62 heavy (non-hydrogen) atoms. The molecule has 2 bridgehead atoms. The summed E-state index contributed by atoms with van der Waals surface area (Å²) in [6, 6.07) is 20.0. The molecule has 0 aromatic heterocycles. The third-order valence-corrected chi connectivity index (χ3v) is 17.2. The van der Waals surface area contributed by atoms with Gasteiger partial charge in [-0.3, -0.25) is 14.4 Å². The van der Waals surface area contributed by atoms with Crippen LogP contribution in [-0.4, -0.2) is 75.7 Å². The average molecular weight is 1050 g/mol. The number of fused-ring (bicyclic) bond motifs is 5. The molecular weight excluding hydrogens is 999 g/mol. The van der Waals surface area contributed by atoms with Crippen LogP contribution in [0.2, 0.25) is 0 Å². The molecule has 6 fully saturated rings. The first kappa shape index (κ1) is 46.6. The number of carbonyl (C=O) groups is 2. The van der Waals surface area contributed by atoms with E-state index < -0.39 is 31.1 Å². The van der Waals surface area contributed by atoms with Crippen molar-refractivity contribution in [3.8, 4) is 0 Å². The van der Waals surface area contributed by atoms with E-state index in [2.05, 4.69) is 49.2 Å². The van der Waals surface area contributed by atoms with E-state index in [9.17, 15) is 23.1 Å². The van der Waals surface area contributed by atoms with Crippen LogP contribution in [-0.2, 0) is 89.9 Å². The number of hydroxylamine groups is 1. The number of amidine groups is 2. The largest absolute Gasteiger partial charge is 0.374 e. The molecule has 2 saturated carbocycles. The predicted octanol–water partition coefficient (Wildman–Crippen LogP) is 7.31. The van der Waals surface area contributed by atoms with Gasteiger partial charge in [-0.25, -0.2) is 33.4 Å². The molecule has 16 heteroatoms. The molecule has 6 heterocycles. The molecular formula is C46H47Cl2N5O6SY2-2. The molecule has 2 radical (unpaired) electrons. The Morgan fingerprint density at radius 2 is 1.39 bits per heavy atom. The first-order valence-electron chi connectivity index (χ1n) is 20.8. The van der Waals surface area contributed by atoms with Crippen LogP contribution >= 0.6 is 23.2 Å². The number of aliphatic hydroxyl groups is 1. The zero-order valence-electron chi connectivity index (χ0n) is 35.0. The zero-order chi connectivity index (χ0) is 42.2. The van der Waals surface area contributed by atoms with E-state index in [-0.39, 0.29) is 106 Å². The molecule has 2 aromatic rings. The van der Waals surface area contributed by atoms with E-state index in [0.717, 1.165) is 58.8 Å². The van der Waals surface area contributed by atoms with Crippen molar-refractivity contribution < 1.29 is 93.4 Å². The minimum absolute atomic E-state index is 0. The van der Waals surface area contributed by atoms with Crippen molar-refractivity contribution >= 4 is 67.8 Å². The maximum Gasteiger partial charge on any atom is 0.239 e. The molecule has 320 valence electrons. The van der Waals surface area contributed by atoms with Crippen LogP contribution in [0.25, 0.3) is 0 Å². The minimum atomic E-state index is -3.36. The molecule has 0 amide bonds. The number of sulfonamides is 1. The Labute approximate surface area is 423 Å². The van der Waals surface area contributed by atoms with Crippen LogP contribution in [0, 0.1) is 47.3 Å². The van der Waals surface area contributed by atoms with Crippen LogP contribution in [0.5, 0.6) is 0 Å². The number of carbonyl (C=O) groups excluding carboxylic acids is 2. The topological polar surface area (TPSA) is 135 Å². The van der Waals surface area contributed by atoms with Crippen molar-refractivity contribution in [1.29, 1.82) is 0 Å². The van der Waals surface area contributed by atoms with Crippen molar-refractivity contribution in [1.82, 2.24) is 4.47 Å². The number of rotatable bonds is 2. The second-order valence-electron chi connectivity index (χ2n) is 18.1. The number of hydrogen-bond donors (Lipinski definition) is 1. The summed E-state index contributed by atoms with van der Waals surface area (Å²) < 4.78 is 24.1. The standard InChI is InChI=1S/C18H17N2O2.C18H17N2O.C10H13Cl2NO3S.2Y/c1-12-7-8-15-14(11-12)16(21)18(22)9-10-20(17(18)19-15)13-5-3-2-4-6-13;1-12-7-8-16-15(11-12)17(21)14-9-10-20(18(14)19-16)13-5-3-2-4-6-13;1-7(2)6-3-4-8(7)5-17(14,15)13-10(8,16-13)9(6,11)12;;/h2-8,11-12,22H,9-10H2,1H3;2-8,11-12,14H,9-10H2,1H3;6H,3-5H2,1-2H3;;/q2*-1;;;/t12?,18-;;;;/m1..../s1. The summed E-state index contributed by atoms with van der Waals surface area (Å²) >= 11 is 13.0. The fraction of sp³-hybridized carbons (Fsp3) is 0.435. The molecule has 6 aliphatic heterocycles. The molecule has 2 aromatic carbocycles. The molecule has 2 spiro atoms. The van der Waals surface area contributed by atoms with Crippen molar-refractivity contribution in [2.45, 2.75) is 69.0 Å². The molecule has 10 aliphatic rings. The molecule has 7 unspecified atom stereocenters. The number of hydrogen-bond acceptors (Lipinski definition) is 10. The molecule has 8 atom stereocenters. The Kier molecular flexibility index (Phi) is 12.1. The Morgan fingerprint density at radius 1 is 0.806 bits per heavy atom. The summed E-state index contributed by atoms with van der Waals surface area (Å²) in [5, 5.41) is 10.9. The van der Waals surface area contributed by atoms with Gasteiger partial charge in [0.25, 0.3) is 0 Å². The average Bonchev–Trinajstić information content (AvgIpc) is 3.44. The number of para-hydroxylation sites is 2. The van der Waals surface area contributed by atoms with Crippen LogP contribution in [0.15, 0.2) is 117 Å². The van der Waals surface area contributed by atoms with E-state index in [0.29, 0.717) is 36.0 Å². The number of Topliss-reactive ketones (excluding diaryl/α,β-unsaturated/α-hetero) is 2. The van der Waals surface area contributed by atoms with E-state index in [1.54, 1.807) is 0 Å². The van der Waals surface area contributed by atoms with Gasteiger partial charge in [0.2, 0.25) is 15.7 Å². The Hall–Kier alpha value is -1.96. The molecule has 4 saturated heterocycles. The predicted molar refractivity (Wildman–Crippen MR) is 232 cm³/mol. The number of halogens is 2. The van der Waals surface area contributed by atoms with Gasteiger partial charge in [-0.05, 0) is 64.6 Å². The molecule has 12 rings (SSSR count). The monoisotopic (exact) mass is 1050 g/mol. The number of ketones is 2. The van der Waals surface area contributed by atoms with Crippen LogP contribution in [0.1, 0.15) is 53.4 Å². The van der Waals surface area contributed by atoms with Gasteiger partial charge in [0, 0.05) is 108 Å². The van der Waals surface area contributed by atoms with Gasteiger partial charge in [-0.15, -0.1) is 0 Å². The SMILES string of the molecule is CC1(C)C2CCC13CS(=O)(=O)N1OC13C2(Cl)Cl.CC1C=C2C(=O)C3CCN(c4ccccc4)C3=NC2=C[CH-]1.CC1C=C2C(=O)[C@]3(O)CCN(c4ccccc4)C3=NC2=C[CH-]1.[Y].[Y]. The van der Waals surface area contributed by atoms with Crippen LogP contribution in [0.4, 0.5) is 11.4 Å². The normalized spacial score (nSPS) is 36.0. The van der Waals surface area contributed by atoms with Gasteiger partial charge < -0.3 is 24.9 Å². The summed E-state index contributed by atoms with van der Waals surface area (Å²) in [6.07, 6.45) is 14.8. The number of benzene rings is 2. The summed E-state index contributed by atoms with van der Waals surface area (Å²) in [6.45, 7) is 9.70. The Bertz CT molecular complexity index is 2520. The van der Waals surface area contributed by atoms with E-state index in [1.807, 2.05) is 91.1 Å². The smallest absolute Gasteiger partial charge is 0.239 e. The second kappa shape index (κ2) is 16.1. The van der Waals surface area contributed by atoms with E-state index in [1.165, 1.54) is 0 Å². The first-order chi connectivity index (χ1) is 28.5. The van der Waals surface area contributed by atoms with Crippen LogP contribution in [0.3, 0.4) is 0 Å². The number of allylic oxidation sites excluding steroid dienone is 6. The zero-order valence-corrected chi connectivity index (χ0v) is 43.0. The van der Waals surface area contributed by atoms with Crippen molar-refractivity contribution in [3.05, 3.63) is 120 Å². The van der Waals surface area contributed by atoms with Crippen LogP contribution < -0.4 is 9.80 Å². The van der Waals surface area contributed by atoms with Gasteiger partial charge in [-0.2, -0.15) is 0 Å². The van der Waals surface area contributed by atoms with Gasteiger partial charge in [0.1, 0.15) is 11.7 Å². The second-order valence-corrected chi connectivity index (χ2v) is 21.3. The maximum absolute atomic E-state index is 12.8. The Balaban J connectivity index is 0.000000127. The fourth-order valence-electron chi connectivity index (χ4n) is 11.3. The van der Waals surface area contributed by atoms with E-state index >= 15 is 0 Å². The summed E-state index contributed by atoms with van der Waals surface area (Å²) in [4.78, 5) is 44.5. The van der Waals surface area contributed by atoms with Gasteiger partial charge >= 0.3 is 0 Å². The molecule has 4 aliphatic carbocycles.